The van der Waals surface area contributed by atoms with Crippen LogP contribution in [0.5, 0.6) is 0 Å². The number of nitrogens with zero attached hydrogens (tertiary/aromatic N) is 1. The summed E-state index contributed by atoms with van der Waals surface area (Å²) in [5.74, 6) is 0. The predicted molar refractivity (Wildman–Crippen MR) is 106 cm³/mol. The van der Waals surface area contributed by atoms with Gasteiger partial charge in [0.1, 0.15) is 0 Å². The Balaban J connectivity index is 1.84. The molecule has 1 heterocycles. The number of hydrogen-bond donors (Lipinski definition) is 1. The van der Waals surface area contributed by atoms with E-state index in [-0.39, 0.29) is 6.04 Å². The third-order valence-electron chi connectivity index (χ3n) is 5.11. The van der Waals surface area contributed by atoms with Crippen molar-refractivity contribution in [3.05, 3.63) is 64.7 Å². The van der Waals surface area contributed by atoms with Crippen LogP contribution >= 0.6 is 0 Å². The van der Waals surface area contributed by atoms with E-state index in [1.165, 1.54) is 12.8 Å². The second kappa shape index (κ2) is 7.91. The normalized spacial score (nSPS) is 16.7. The molecule has 1 N–H and O–H groups in total. The summed E-state index contributed by atoms with van der Waals surface area (Å²) in [7, 11) is -3.55. The van der Waals surface area contributed by atoms with Crippen molar-refractivity contribution in [2.75, 3.05) is 19.6 Å². The minimum absolute atomic E-state index is 0.0690. The Morgan fingerprint density at radius 2 is 1.58 bits per heavy atom. The fourth-order valence-electron chi connectivity index (χ4n) is 4.04. The van der Waals surface area contributed by atoms with E-state index in [4.69, 9.17) is 0 Å². The Morgan fingerprint density at radius 1 is 1.00 bits per heavy atom. The molecule has 2 aromatic carbocycles. The summed E-state index contributed by atoms with van der Waals surface area (Å²) < 4.78 is 28.9. The highest BCUT2D eigenvalue weighted by molar-refractivity contribution is 7.89. The molecular weight excluding hydrogens is 344 g/mol. The van der Waals surface area contributed by atoms with E-state index >= 15 is 0 Å². The highest BCUT2D eigenvalue weighted by atomic mass is 32.2. The van der Waals surface area contributed by atoms with Gasteiger partial charge in [-0.25, -0.2) is 13.1 Å². The molecule has 0 bridgehead atoms. The van der Waals surface area contributed by atoms with Crippen molar-refractivity contribution >= 4 is 10.0 Å². The monoisotopic (exact) mass is 372 g/mol. The minimum atomic E-state index is -3.55. The molecule has 1 saturated heterocycles. The maximum atomic E-state index is 13.0. The molecule has 1 unspecified atom stereocenters. The maximum absolute atomic E-state index is 13.0. The summed E-state index contributed by atoms with van der Waals surface area (Å²) >= 11 is 0. The van der Waals surface area contributed by atoms with Gasteiger partial charge in [-0.1, -0.05) is 48.0 Å². The van der Waals surface area contributed by atoms with E-state index in [9.17, 15) is 8.42 Å². The van der Waals surface area contributed by atoms with Gasteiger partial charge < -0.3 is 0 Å². The average molecular weight is 373 g/mol. The van der Waals surface area contributed by atoms with E-state index in [0.717, 1.165) is 35.3 Å². The molecule has 140 valence electrons. The van der Waals surface area contributed by atoms with Crippen LogP contribution in [0, 0.1) is 20.8 Å². The van der Waals surface area contributed by atoms with Crippen molar-refractivity contribution < 1.29 is 8.42 Å². The number of hydrogen-bond acceptors (Lipinski definition) is 3. The van der Waals surface area contributed by atoms with Gasteiger partial charge in [-0.2, -0.15) is 0 Å². The first-order valence-corrected chi connectivity index (χ1v) is 10.7. The summed E-state index contributed by atoms with van der Waals surface area (Å²) in [5, 5.41) is 0. The van der Waals surface area contributed by atoms with E-state index in [2.05, 4.69) is 21.8 Å². The molecule has 0 aliphatic carbocycles. The Labute approximate surface area is 157 Å². The first-order valence-electron chi connectivity index (χ1n) is 9.25. The lowest BCUT2D eigenvalue weighted by atomic mass is 10.1. The molecule has 1 fully saturated rings. The van der Waals surface area contributed by atoms with Crippen LogP contribution in [-0.4, -0.2) is 33.0 Å². The zero-order valence-corrected chi connectivity index (χ0v) is 16.6. The number of aryl methyl sites for hydroxylation is 3. The van der Waals surface area contributed by atoms with Crippen LogP contribution in [0.4, 0.5) is 0 Å². The van der Waals surface area contributed by atoms with E-state index < -0.39 is 10.0 Å². The topological polar surface area (TPSA) is 49.4 Å². The van der Waals surface area contributed by atoms with Gasteiger partial charge in [-0.3, -0.25) is 4.90 Å². The second-order valence-corrected chi connectivity index (χ2v) is 8.95. The lowest BCUT2D eigenvalue weighted by molar-refractivity contribution is 0.246. The summed E-state index contributed by atoms with van der Waals surface area (Å²) in [4.78, 5) is 2.79. The van der Waals surface area contributed by atoms with Gasteiger partial charge in [0.15, 0.2) is 0 Å². The minimum Gasteiger partial charge on any atom is -0.295 e. The molecule has 0 spiro atoms. The van der Waals surface area contributed by atoms with Gasteiger partial charge in [0, 0.05) is 12.6 Å². The smallest absolute Gasteiger partial charge is 0.241 e. The molecule has 0 aromatic heterocycles. The molecule has 0 radical (unpaired) electrons. The van der Waals surface area contributed by atoms with Gasteiger partial charge in [0.05, 0.1) is 4.90 Å². The van der Waals surface area contributed by atoms with Crippen LogP contribution in [0.15, 0.2) is 47.4 Å². The number of rotatable bonds is 6. The molecule has 1 aliphatic heterocycles. The SMILES string of the molecule is Cc1cc(C)c(S(=O)(=O)NCC(c2ccccc2)N2CCCC2)c(C)c1. The van der Waals surface area contributed by atoms with Crippen molar-refractivity contribution in [1.29, 1.82) is 0 Å². The van der Waals surface area contributed by atoms with Crippen molar-refractivity contribution in [1.82, 2.24) is 9.62 Å². The van der Waals surface area contributed by atoms with Crippen molar-refractivity contribution in [2.24, 2.45) is 0 Å². The van der Waals surface area contributed by atoms with Gasteiger partial charge in [-0.15, -0.1) is 0 Å². The third-order valence-corrected chi connectivity index (χ3v) is 6.83. The molecule has 1 aliphatic rings. The van der Waals surface area contributed by atoms with Crippen molar-refractivity contribution in [3.8, 4) is 0 Å². The Hall–Kier alpha value is -1.69. The van der Waals surface area contributed by atoms with Crippen molar-refractivity contribution in [3.63, 3.8) is 0 Å². The Kier molecular flexibility index (Phi) is 5.80. The summed E-state index contributed by atoms with van der Waals surface area (Å²) in [6.07, 6.45) is 2.35. The van der Waals surface area contributed by atoms with Crippen LogP contribution in [0.1, 0.15) is 41.1 Å². The molecule has 5 heteroatoms. The lowest BCUT2D eigenvalue weighted by Gasteiger charge is -2.28. The fourth-order valence-corrected chi connectivity index (χ4v) is 5.52. The zero-order valence-electron chi connectivity index (χ0n) is 15.8. The highest BCUT2D eigenvalue weighted by Crippen LogP contribution is 2.26. The molecule has 3 rings (SSSR count). The van der Waals surface area contributed by atoms with Gasteiger partial charge >= 0.3 is 0 Å². The molecule has 0 saturated carbocycles. The highest BCUT2D eigenvalue weighted by Gasteiger charge is 2.26. The second-order valence-electron chi connectivity index (χ2n) is 7.25. The number of benzene rings is 2. The number of sulfonamides is 1. The number of nitrogens with one attached hydrogen (secondary N) is 1. The molecular formula is C21H28N2O2S. The van der Waals surface area contributed by atoms with Gasteiger partial charge in [0.25, 0.3) is 0 Å². The number of likely N-dealkylation sites (tertiary alicyclic amines) is 1. The van der Waals surface area contributed by atoms with Gasteiger partial charge in [-0.05, 0) is 63.4 Å². The van der Waals surface area contributed by atoms with E-state index in [1.54, 1.807) is 0 Å². The van der Waals surface area contributed by atoms with Gasteiger partial charge in [0.2, 0.25) is 10.0 Å². The zero-order chi connectivity index (χ0) is 18.7. The summed E-state index contributed by atoms with van der Waals surface area (Å²) in [6, 6.07) is 14.1. The quantitative estimate of drug-likeness (QED) is 0.841. The van der Waals surface area contributed by atoms with Crippen LogP contribution in [-0.2, 0) is 10.0 Å². The molecule has 2 aromatic rings. The Morgan fingerprint density at radius 3 is 2.15 bits per heavy atom. The molecule has 1 atom stereocenters. The third kappa shape index (κ3) is 4.17. The van der Waals surface area contributed by atoms with Crippen LogP contribution in [0.2, 0.25) is 0 Å². The van der Waals surface area contributed by atoms with Crippen LogP contribution < -0.4 is 4.72 Å². The molecule has 26 heavy (non-hydrogen) atoms. The average Bonchev–Trinajstić information content (AvgIpc) is 3.09. The Bertz CT molecular complexity index is 834. The summed E-state index contributed by atoms with van der Waals surface area (Å²) in [5.41, 5.74) is 3.84. The van der Waals surface area contributed by atoms with Crippen molar-refractivity contribution in [2.45, 2.75) is 44.6 Å². The first kappa shape index (κ1) is 19.1. The lowest BCUT2D eigenvalue weighted by Crippen LogP contribution is -2.37. The largest absolute Gasteiger partial charge is 0.295 e. The van der Waals surface area contributed by atoms with E-state index in [0.29, 0.717) is 11.4 Å². The standard InChI is InChI=1S/C21H28N2O2S/c1-16-13-17(2)21(18(3)14-16)26(24,25)22-15-20(23-11-7-8-12-23)19-9-5-4-6-10-19/h4-6,9-10,13-14,20,22H,7-8,11-12,15H2,1-3H3. The molecule has 4 nitrogen and oxygen atoms in total. The summed E-state index contributed by atoms with van der Waals surface area (Å²) in [6.45, 7) is 8.14. The molecule has 0 amide bonds. The van der Waals surface area contributed by atoms with Crippen LogP contribution in [0.3, 0.4) is 0 Å². The van der Waals surface area contributed by atoms with Crippen LogP contribution in [0.25, 0.3) is 0 Å². The first-order chi connectivity index (χ1) is 12.4. The van der Waals surface area contributed by atoms with E-state index in [1.807, 2.05) is 51.1 Å². The fraction of sp³-hybridized carbons (Fsp3) is 0.429. The predicted octanol–water partition coefficient (Wildman–Crippen LogP) is 3.73. The maximum Gasteiger partial charge on any atom is 0.241 e.